The number of fused-ring (bicyclic) bond motifs is 2. The lowest BCUT2D eigenvalue weighted by Crippen LogP contribution is -2.55. The number of rotatable bonds is 7. The molecule has 0 saturated carbocycles. The molecule has 0 bridgehead atoms. The van der Waals surface area contributed by atoms with Crippen molar-refractivity contribution in [1.29, 1.82) is 5.26 Å². The van der Waals surface area contributed by atoms with Crippen LogP contribution in [0.3, 0.4) is 0 Å². The maximum atomic E-state index is 13.8. The number of likely N-dealkylation sites (N-methyl/N-ethyl adjacent to an activating group) is 1. The van der Waals surface area contributed by atoms with Gasteiger partial charge in [0.1, 0.15) is 12.4 Å². The van der Waals surface area contributed by atoms with Gasteiger partial charge < -0.3 is 24.2 Å². The van der Waals surface area contributed by atoms with E-state index in [1.807, 2.05) is 4.90 Å². The molecule has 2 aromatic carbocycles. The highest BCUT2D eigenvalue weighted by Gasteiger charge is 2.35. The van der Waals surface area contributed by atoms with Crippen molar-refractivity contribution in [1.82, 2.24) is 19.8 Å². The molecule has 224 valence electrons. The lowest BCUT2D eigenvalue weighted by Gasteiger charge is -2.42. The first-order chi connectivity index (χ1) is 20.8. The number of hydrogen-bond donors (Lipinski definition) is 0. The lowest BCUT2D eigenvalue weighted by atomic mass is 9.92. The van der Waals surface area contributed by atoms with E-state index in [1.54, 1.807) is 0 Å². The van der Waals surface area contributed by atoms with Gasteiger partial charge in [-0.25, -0.2) is 4.39 Å². The van der Waals surface area contributed by atoms with E-state index >= 15 is 0 Å². The van der Waals surface area contributed by atoms with Gasteiger partial charge in [-0.2, -0.15) is 15.2 Å². The summed E-state index contributed by atoms with van der Waals surface area (Å²) < 4.78 is 26.5. The van der Waals surface area contributed by atoms with Gasteiger partial charge in [-0.15, -0.1) is 0 Å². The molecular weight excluding hydrogens is 547 g/mol. The van der Waals surface area contributed by atoms with E-state index < -0.39 is 17.8 Å². The van der Waals surface area contributed by atoms with Gasteiger partial charge in [-0.05, 0) is 55.3 Å². The zero-order chi connectivity index (χ0) is 30.1. The molecule has 0 aliphatic carbocycles. The second kappa shape index (κ2) is 12.3. The third-order valence-corrected chi connectivity index (χ3v) is 9.03. The number of carbonyl (C=O) groups is 1. The van der Waals surface area contributed by atoms with E-state index in [-0.39, 0.29) is 19.1 Å². The van der Waals surface area contributed by atoms with E-state index in [1.165, 1.54) is 21.2 Å². The van der Waals surface area contributed by atoms with E-state index in [9.17, 15) is 14.4 Å². The van der Waals surface area contributed by atoms with Crippen LogP contribution in [-0.4, -0.2) is 77.6 Å². The Morgan fingerprint density at radius 1 is 1.19 bits per heavy atom. The van der Waals surface area contributed by atoms with Crippen molar-refractivity contribution < 1.29 is 18.7 Å². The molecule has 0 radical (unpaired) electrons. The lowest BCUT2D eigenvalue weighted by molar-refractivity contribution is -0.131. The maximum Gasteiger partial charge on any atom is 0.318 e. The predicted molar refractivity (Wildman–Crippen MR) is 161 cm³/mol. The van der Waals surface area contributed by atoms with Gasteiger partial charge in [-0.3, -0.25) is 4.79 Å². The number of aromatic nitrogens is 2. The van der Waals surface area contributed by atoms with Crippen LogP contribution in [0.4, 0.5) is 10.2 Å². The van der Waals surface area contributed by atoms with Crippen molar-refractivity contribution in [2.24, 2.45) is 0 Å². The standard InChI is InChI=1S/C33H37FN6O3/c1-21-7-4-8-23-9-5-11-26(30(21)23)29-17-28-27(20-42-29)31(37-33(36-28)43-19-25-10-6-14-38(25)3)39-15-16-40(32(41)22(2)34)24(18-39)12-13-35/h4-5,7-9,11,24-25,29H,2,6,10,12,14-20H2,1,3H3/t24?,25-,29?/m0/s1. The van der Waals surface area contributed by atoms with Crippen molar-refractivity contribution in [2.45, 2.75) is 57.4 Å². The minimum atomic E-state index is -1.02. The highest BCUT2D eigenvalue weighted by Crippen LogP contribution is 2.38. The summed E-state index contributed by atoms with van der Waals surface area (Å²) in [6.45, 7) is 8.13. The average Bonchev–Trinajstić information content (AvgIpc) is 3.43. The van der Waals surface area contributed by atoms with Gasteiger partial charge in [0, 0.05) is 37.7 Å². The molecule has 10 heteroatoms. The zero-order valence-corrected chi connectivity index (χ0v) is 24.8. The van der Waals surface area contributed by atoms with Crippen LogP contribution in [0, 0.1) is 18.3 Å². The number of benzene rings is 2. The normalized spacial score (nSPS) is 22.3. The number of nitrogens with zero attached hydrogens (tertiary/aromatic N) is 6. The highest BCUT2D eigenvalue weighted by atomic mass is 19.1. The fraction of sp³-hybridized carbons (Fsp3) is 0.455. The van der Waals surface area contributed by atoms with Gasteiger partial charge in [0.2, 0.25) is 0 Å². The van der Waals surface area contributed by atoms with E-state index in [0.29, 0.717) is 50.6 Å². The summed E-state index contributed by atoms with van der Waals surface area (Å²) in [5, 5.41) is 11.9. The minimum Gasteiger partial charge on any atom is -0.462 e. The van der Waals surface area contributed by atoms with E-state index in [2.05, 4.69) is 67.9 Å². The van der Waals surface area contributed by atoms with Crippen molar-refractivity contribution in [3.05, 3.63) is 71.2 Å². The monoisotopic (exact) mass is 584 g/mol. The van der Waals surface area contributed by atoms with Crippen LogP contribution in [0.2, 0.25) is 0 Å². The number of piperazine rings is 1. The molecule has 0 spiro atoms. The molecule has 6 rings (SSSR count). The average molecular weight is 585 g/mol. The predicted octanol–water partition coefficient (Wildman–Crippen LogP) is 4.64. The smallest absolute Gasteiger partial charge is 0.318 e. The fourth-order valence-electron chi connectivity index (χ4n) is 6.70. The molecule has 0 N–H and O–H groups in total. The summed E-state index contributed by atoms with van der Waals surface area (Å²) in [5.74, 6) is -1.11. The molecule has 3 aromatic rings. The molecule has 3 aliphatic rings. The highest BCUT2D eigenvalue weighted by molar-refractivity contribution is 5.91. The SMILES string of the molecule is C=C(F)C(=O)N1CCN(c2nc(OC[C@@H]3CCCN3C)nc3c2COC(c2cccc4cccc(C)c24)C3)CC1CC#N. The summed E-state index contributed by atoms with van der Waals surface area (Å²) in [6, 6.07) is 14.9. The molecule has 4 heterocycles. The van der Waals surface area contributed by atoms with Gasteiger partial charge >= 0.3 is 6.01 Å². The van der Waals surface area contributed by atoms with Crippen LogP contribution in [0.15, 0.2) is 48.8 Å². The van der Waals surface area contributed by atoms with Crippen LogP contribution in [0.1, 0.15) is 47.8 Å². The van der Waals surface area contributed by atoms with E-state index in [0.717, 1.165) is 36.2 Å². The Hall–Kier alpha value is -4.07. The zero-order valence-electron chi connectivity index (χ0n) is 24.8. The number of anilines is 1. The number of nitriles is 1. The van der Waals surface area contributed by atoms with Gasteiger partial charge in [0.05, 0.1) is 36.9 Å². The largest absolute Gasteiger partial charge is 0.462 e. The number of halogens is 1. The number of hydrogen-bond acceptors (Lipinski definition) is 8. The quantitative estimate of drug-likeness (QED) is 0.371. The first-order valence-electron chi connectivity index (χ1n) is 14.9. The Bertz CT molecular complexity index is 1580. The number of ether oxygens (including phenoxy) is 2. The Balaban J connectivity index is 1.34. The summed E-state index contributed by atoms with van der Waals surface area (Å²) in [7, 11) is 2.11. The molecule has 3 aliphatic heterocycles. The fourth-order valence-corrected chi connectivity index (χ4v) is 6.70. The first kappa shape index (κ1) is 29.0. The van der Waals surface area contributed by atoms with Gasteiger partial charge in [-0.1, -0.05) is 43.0 Å². The Labute approximate surface area is 251 Å². The van der Waals surface area contributed by atoms with Gasteiger partial charge in [0.15, 0.2) is 5.83 Å². The van der Waals surface area contributed by atoms with Crippen molar-refractivity contribution in [2.75, 3.05) is 44.7 Å². The summed E-state index contributed by atoms with van der Waals surface area (Å²) in [4.78, 5) is 28.0. The maximum absolute atomic E-state index is 13.8. The van der Waals surface area contributed by atoms with Crippen LogP contribution in [-0.2, 0) is 22.6 Å². The van der Waals surface area contributed by atoms with Crippen molar-refractivity contribution in [3.63, 3.8) is 0 Å². The second-order valence-corrected chi connectivity index (χ2v) is 11.7. The van der Waals surface area contributed by atoms with Crippen molar-refractivity contribution >= 4 is 22.5 Å². The van der Waals surface area contributed by atoms with Crippen LogP contribution in [0.25, 0.3) is 10.8 Å². The Morgan fingerprint density at radius 3 is 2.74 bits per heavy atom. The van der Waals surface area contributed by atoms with Crippen molar-refractivity contribution in [3.8, 4) is 12.1 Å². The van der Waals surface area contributed by atoms with Crippen LogP contribution in [0.5, 0.6) is 6.01 Å². The third kappa shape index (κ3) is 5.79. The van der Waals surface area contributed by atoms with E-state index in [4.69, 9.17) is 19.4 Å². The third-order valence-electron chi connectivity index (χ3n) is 9.03. The molecule has 2 fully saturated rings. The summed E-state index contributed by atoms with van der Waals surface area (Å²) in [5.41, 5.74) is 4.07. The molecule has 43 heavy (non-hydrogen) atoms. The number of carbonyl (C=O) groups excluding carboxylic acids is 1. The first-order valence-corrected chi connectivity index (χ1v) is 14.9. The molecule has 3 atom stereocenters. The number of amides is 1. The molecular formula is C33H37FN6O3. The van der Waals surface area contributed by atoms with Gasteiger partial charge in [0.25, 0.3) is 5.91 Å². The molecule has 2 saturated heterocycles. The summed E-state index contributed by atoms with van der Waals surface area (Å²) >= 11 is 0. The molecule has 1 amide bonds. The number of aryl methyl sites for hydroxylation is 1. The van der Waals surface area contributed by atoms with Crippen LogP contribution < -0.4 is 9.64 Å². The van der Waals surface area contributed by atoms with Crippen LogP contribution >= 0.6 is 0 Å². The molecule has 2 unspecified atom stereocenters. The Kier molecular flexibility index (Phi) is 8.28. The topological polar surface area (TPSA) is 94.8 Å². The Morgan fingerprint density at radius 2 is 2.00 bits per heavy atom. The number of likely N-dealkylation sites (tertiary alicyclic amines) is 1. The second-order valence-electron chi connectivity index (χ2n) is 11.7. The summed E-state index contributed by atoms with van der Waals surface area (Å²) in [6.07, 6.45) is 2.64. The molecule has 9 nitrogen and oxygen atoms in total. The molecule has 1 aromatic heterocycles. The minimum absolute atomic E-state index is 0.0686.